The van der Waals surface area contributed by atoms with Gasteiger partial charge < -0.3 is 54.8 Å². The summed E-state index contributed by atoms with van der Waals surface area (Å²) in [5, 5.41) is 11.1. The van der Waals surface area contributed by atoms with Crippen molar-refractivity contribution in [1.82, 2.24) is 26.2 Å². The summed E-state index contributed by atoms with van der Waals surface area (Å²) in [7, 11) is 0. The van der Waals surface area contributed by atoms with Crippen molar-refractivity contribution in [2.24, 2.45) is 44.6 Å². The summed E-state index contributed by atoms with van der Waals surface area (Å²) >= 11 is 0. The number of piperidine rings is 2. The topological polar surface area (TPSA) is 309 Å². The number of guanidine groups is 2. The van der Waals surface area contributed by atoms with Gasteiger partial charge in [-0.3, -0.25) is 38.8 Å². The van der Waals surface area contributed by atoms with Crippen molar-refractivity contribution < 1.29 is 28.8 Å². The molecule has 3 fully saturated rings. The van der Waals surface area contributed by atoms with Gasteiger partial charge >= 0.3 is 0 Å². The highest BCUT2D eigenvalue weighted by molar-refractivity contribution is 5.96. The van der Waals surface area contributed by atoms with Gasteiger partial charge in [-0.25, -0.2) is 0 Å². The SMILES string of the molecule is CC(=O)N[C@@H](CCCN=C(N)N)C(=O)N[C@H](CC1CCCCC1)C(=O)N[C@H]1CC[C@H]2CCC[C@@H](C(=O)N[C@H](CCCN=C(N)N)C(N)=O)N2C1=O. The van der Waals surface area contributed by atoms with Crippen LogP contribution in [0.25, 0.3) is 0 Å². The number of carbonyl (C=O) groups is 6. The van der Waals surface area contributed by atoms with E-state index >= 15 is 0 Å². The first-order chi connectivity index (χ1) is 24.3. The molecule has 6 atom stereocenters. The molecule has 286 valence electrons. The van der Waals surface area contributed by atoms with Crippen molar-refractivity contribution in [3.05, 3.63) is 0 Å². The van der Waals surface area contributed by atoms with Gasteiger partial charge in [0.1, 0.15) is 30.2 Å². The van der Waals surface area contributed by atoms with Gasteiger partial charge in [0.15, 0.2) is 11.9 Å². The first kappa shape index (κ1) is 40.8. The average Bonchev–Trinajstić information content (AvgIpc) is 3.07. The Bertz CT molecular complexity index is 1290. The van der Waals surface area contributed by atoms with Crippen molar-refractivity contribution in [3.8, 4) is 0 Å². The van der Waals surface area contributed by atoms with Gasteiger partial charge in [0, 0.05) is 26.1 Å². The van der Waals surface area contributed by atoms with E-state index in [2.05, 4.69) is 31.3 Å². The van der Waals surface area contributed by atoms with E-state index in [1.807, 2.05) is 0 Å². The Balaban J connectivity index is 1.72. The largest absolute Gasteiger partial charge is 0.370 e. The lowest BCUT2D eigenvalue weighted by molar-refractivity contribution is -0.152. The van der Waals surface area contributed by atoms with Crippen LogP contribution in [0.3, 0.4) is 0 Å². The Morgan fingerprint density at radius 2 is 1.35 bits per heavy atom. The molecule has 2 saturated heterocycles. The lowest BCUT2D eigenvalue weighted by Crippen LogP contribution is -2.65. The van der Waals surface area contributed by atoms with Gasteiger partial charge in [-0.1, -0.05) is 32.1 Å². The fourth-order valence-electron chi connectivity index (χ4n) is 7.36. The molecular formula is C33H58N12O6. The van der Waals surface area contributed by atoms with E-state index in [-0.39, 0.29) is 55.7 Å². The second-order valence-corrected chi connectivity index (χ2v) is 13.9. The first-order valence-electron chi connectivity index (χ1n) is 18.2. The molecule has 0 unspecified atom stereocenters. The third-order valence-corrected chi connectivity index (χ3v) is 9.88. The van der Waals surface area contributed by atoms with Crippen molar-refractivity contribution in [1.29, 1.82) is 0 Å². The van der Waals surface area contributed by atoms with Crippen molar-refractivity contribution in [2.45, 2.75) is 139 Å². The summed E-state index contributed by atoms with van der Waals surface area (Å²) in [6.45, 7) is 1.83. The third-order valence-electron chi connectivity index (χ3n) is 9.88. The van der Waals surface area contributed by atoms with Crippen LogP contribution >= 0.6 is 0 Å². The zero-order valence-corrected chi connectivity index (χ0v) is 29.7. The van der Waals surface area contributed by atoms with Gasteiger partial charge in [-0.05, 0) is 70.1 Å². The summed E-state index contributed by atoms with van der Waals surface area (Å²) in [6, 6.07) is -4.79. The molecule has 14 N–H and O–H groups in total. The maximum Gasteiger partial charge on any atom is 0.246 e. The smallest absolute Gasteiger partial charge is 0.246 e. The fraction of sp³-hybridized carbons (Fsp3) is 0.758. The Kier molecular flexibility index (Phi) is 16.2. The monoisotopic (exact) mass is 718 g/mol. The summed E-state index contributed by atoms with van der Waals surface area (Å²) in [5.74, 6) is -2.96. The molecule has 18 nitrogen and oxygen atoms in total. The van der Waals surface area contributed by atoms with Crippen LogP contribution in [0.15, 0.2) is 9.98 Å². The van der Waals surface area contributed by atoms with Gasteiger partial charge in [0.05, 0.1) is 0 Å². The summed E-state index contributed by atoms with van der Waals surface area (Å²) in [4.78, 5) is 88.5. The first-order valence-corrected chi connectivity index (χ1v) is 18.2. The van der Waals surface area contributed by atoms with Crippen molar-refractivity contribution >= 4 is 47.4 Å². The number of nitrogens with two attached hydrogens (primary N) is 5. The predicted molar refractivity (Wildman–Crippen MR) is 191 cm³/mol. The van der Waals surface area contributed by atoms with Crippen LogP contribution in [0.4, 0.5) is 0 Å². The molecule has 3 aliphatic rings. The highest BCUT2D eigenvalue weighted by atomic mass is 16.2. The van der Waals surface area contributed by atoms with Crippen LogP contribution in [-0.2, 0) is 28.8 Å². The number of hydrogen-bond donors (Lipinski definition) is 9. The zero-order chi connectivity index (χ0) is 37.5. The molecule has 0 aromatic rings. The van der Waals surface area contributed by atoms with E-state index in [0.717, 1.165) is 32.1 Å². The van der Waals surface area contributed by atoms with E-state index in [9.17, 15) is 28.8 Å². The molecule has 1 aliphatic carbocycles. The summed E-state index contributed by atoms with van der Waals surface area (Å²) in [6.07, 6.45) is 9.42. The third kappa shape index (κ3) is 13.2. The van der Waals surface area contributed by atoms with Crippen LogP contribution in [0.1, 0.15) is 103 Å². The molecule has 0 aromatic heterocycles. The van der Waals surface area contributed by atoms with Gasteiger partial charge in [-0.15, -0.1) is 0 Å². The molecule has 0 spiro atoms. The highest BCUT2D eigenvalue weighted by Crippen LogP contribution is 2.32. The summed E-state index contributed by atoms with van der Waals surface area (Å²) < 4.78 is 0. The maximum absolute atomic E-state index is 14.0. The van der Waals surface area contributed by atoms with E-state index in [1.54, 1.807) is 4.90 Å². The lowest BCUT2D eigenvalue weighted by Gasteiger charge is -2.46. The minimum Gasteiger partial charge on any atom is -0.370 e. The number of nitrogens with zero attached hydrogens (tertiary/aromatic N) is 3. The number of aliphatic imine (C=N–C) groups is 2. The molecule has 6 amide bonds. The average molecular weight is 719 g/mol. The molecule has 0 radical (unpaired) electrons. The zero-order valence-electron chi connectivity index (χ0n) is 29.7. The Hall–Kier alpha value is -4.64. The second kappa shape index (κ2) is 20.3. The second-order valence-electron chi connectivity index (χ2n) is 13.9. The molecule has 51 heavy (non-hydrogen) atoms. The quantitative estimate of drug-likeness (QED) is 0.0429. The number of amides is 6. The van der Waals surface area contributed by atoms with Crippen LogP contribution in [-0.4, -0.2) is 102 Å². The number of rotatable bonds is 18. The van der Waals surface area contributed by atoms with Gasteiger partial charge in [-0.2, -0.15) is 0 Å². The molecular weight excluding hydrogens is 660 g/mol. The van der Waals surface area contributed by atoms with Gasteiger partial charge in [0.25, 0.3) is 0 Å². The molecule has 2 heterocycles. The Morgan fingerprint density at radius 1 is 0.725 bits per heavy atom. The van der Waals surface area contributed by atoms with Crippen LogP contribution < -0.4 is 49.9 Å². The normalized spacial score (nSPS) is 22.3. The van der Waals surface area contributed by atoms with Gasteiger partial charge in [0.2, 0.25) is 35.4 Å². The number of primary amides is 1. The Labute approximate surface area is 299 Å². The van der Waals surface area contributed by atoms with E-state index < -0.39 is 59.7 Å². The number of hydrogen-bond acceptors (Lipinski definition) is 8. The predicted octanol–water partition coefficient (Wildman–Crippen LogP) is -1.95. The lowest BCUT2D eigenvalue weighted by atomic mass is 9.84. The van der Waals surface area contributed by atoms with Crippen LogP contribution in [0, 0.1) is 5.92 Å². The van der Waals surface area contributed by atoms with E-state index in [4.69, 9.17) is 28.7 Å². The standard InChI is InChI=1S/C33H58N12O6/c1-19(46)41-23(12-7-17-40-33(37)38)28(48)44-25(18-20-8-3-2-4-9-20)29(49)43-24-15-14-21-10-5-13-26(45(21)31(24)51)30(50)42-22(27(34)47)11-6-16-39-32(35)36/h20-26H,2-18H2,1H3,(H2,34,47)(H,41,46)(H,42,50)(H,43,49)(H,44,48)(H4,35,36,39)(H4,37,38,40)/t21-,22-,23+,24+,25-,26+/m1/s1. The molecule has 2 aliphatic heterocycles. The number of carbonyl (C=O) groups excluding carboxylic acids is 6. The van der Waals surface area contributed by atoms with Crippen LogP contribution in [0.2, 0.25) is 0 Å². The minimum atomic E-state index is -0.973. The van der Waals surface area contributed by atoms with Crippen molar-refractivity contribution in [2.75, 3.05) is 13.1 Å². The minimum absolute atomic E-state index is 0.0781. The Morgan fingerprint density at radius 3 is 1.94 bits per heavy atom. The molecule has 0 bridgehead atoms. The molecule has 0 aromatic carbocycles. The van der Waals surface area contributed by atoms with Crippen molar-refractivity contribution in [3.63, 3.8) is 0 Å². The number of fused-ring (bicyclic) bond motifs is 1. The summed E-state index contributed by atoms with van der Waals surface area (Å²) in [5.41, 5.74) is 27.1. The van der Waals surface area contributed by atoms with E-state index in [0.29, 0.717) is 51.4 Å². The highest BCUT2D eigenvalue weighted by Gasteiger charge is 2.45. The fourth-order valence-corrected chi connectivity index (χ4v) is 7.36. The maximum atomic E-state index is 14.0. The molecule has 3 rings (SSSR count). The van der Waals surface area contributed by atoms with E-state index in [1.165, 1.54) is 6.92 Å². The number of nitrogens with one attached hydrogen (secondary N) is 4. The van der Waals surface area contributed by atoms with Crippen LogP contribution in [0.5, 0.6) is 0 Å². The molecule has 18 heteroatoms. The molecule has 1 saturated carbocycles.